The Morgan fingerprint density at radius 2 is 1.43 bits per heavy atom. The molecule has 0 unspecified atom stereocenters. The lowest BCUT2D eigenvalue weighted by molar-refractivity contribution is -0.274. The largest absolute Gasteiger partial charge is 0.573 e. The van der Waals surface area contributed by atoms with Crippen LogP contribution in [0.25, 0.3) is 10.9 Å². The van der Waals surface area contributed by atoms with Crippen LogP contribution in [0.3, 0.4) is 0 Å². The van der Waals surface area contributed by atoms with E-state index < -0.39 is 34.3 Å². The molecule has 0 saturated heterocycles. The van der Waals surface area contributed by atoms with E-state index in [-0.39, 0.29) is 17.4 Å². The van der Waals surface area contributed by atoms with E-state index >= 15 is 0 Å². The van der Waals surface area contributed by atoms with Crippen LogP contribution in [0.4, 0.5) is 43.8 Å². The van der Waals surface area contributed by atoms with E-state index in [2.05, 4.69) is 25.1 Å². The molecule has 1 aliphatic carbocycles. The van der Waals surface area contributed by atoms with Crippen LogP contribution in [0, 0.1) is 11.8 Å². The summed E-state index contributed by atoms with van der Waals surface area (Å²) in [5.41, 5.74) is 1.67. The summed E-state index contributed by atoms with van der Waals surface area (Å²) in [5, 5.41) is 15.4. The van der Waals surface area contributed by atoms with Crippen LogP contribution in [0.15, 0.2) is 77.7 Å². The molecule has 0 aliphatic heterocycles. The number of nitrogens with zero attached hydrogens (tertiary/aromatic N) is 2. The molecule has 10 nitrogen and oxygen atoms in total. The number of anilines is 3. The van der Waals surface area contributed by atoms with Gasteiger partial charge in [-0.2, -0.15) is 18.2 Å². The van der Waals surface area contributed by atoms with Gasteiger partial charge in [-0.15, -0.1) is 13.2 Å². The SMILES string of the molecule is O=C(O)C(F)(F)F.O=S(=O)(NCC1CCC(CNc2nc(Nc3ccc(Cl)cc3)c3ccccc3n2)CC1)c1ccc(OC(F)(F)F)cc1. The molecule has 1 heterocycles. The number of para-hydroxylation sites is 1. The molecule has 1 fully saturated rings. The first-order valence-corrected chi connectivity index (χ1v) is 16.5. The molecule has 0 radical (unpaired) electrons. The maximum Gasteiger partial charge on any atom is 0.573 e. The maximum atomic E-state index is 12.6. The number of ether oxygens (including phenoxy) is 1. The van der Waals surface area contributed by atoms with Gasteiger partial charge in [0.1, 0.15) is 11.6 Å². The number of carboxylic acid groups (broad SMARTS) is 1. The van der Waals surface area contributed by atoms with Crippen LogP contribution in [-0.2, 0) is 14.8 Å². The molecule has 0 amide bonds. The number of fused-ring (bicyclic) bond motifs is 1. The summed E-state index contributed by atoms with van der Waals surface area (Å²) in [4.78, 5) is 18.2. The Bertz CT molecular complexity index is 1820. The van der Waals surface area contributed by atoms with Crippen LogP contribution in [-0.4, -0.2) is 55.1 Å². The van der Waals surface area contributed by atoms with Crippen molar-refractivity contribution in [1.29, 1.82) is 0 Å². The lowest BCUT2D eigenvalue weighted by atomic mass is 9.82. The zero-order chi connectivity index (χ0) is 35.8. The predicted octanol–water partition coefficient (Wildman–Crippen LogP) is 7.76. The highest BCUT2D eigenvalue weighted by Gasteiger charge is 2.38. The predicted molar refractivity (Wildman–Crippen MR) is 170 cm³/mol. The minimum Gasteiger partial charge on any atom is -0.475 e. The van der Waals surface area contributed by atoms with Crippen molar-refractivity contribution in [2.24, 2.45) is 11.8 Å². The van der Waals surface area contributed by atoms with Gasteiger partial charge in [0.2, 0.25) is 16.0 Å². The van der Waals surface area contributed by atoms with E-state index in [4.69, 9.17) is 26.5 Å². The van der Waals surface area contributed by atoms with Crippen LogP contribution in [0.5, 0.6) is 5.75 Å². The number of hydrogen-bond acceptors (Lipinski definition) is 8. The number of carbonyl (C=O) groups is 1. The number of nitrogens with one attached hydrogen (secondary N) is 3. The number of rotatable bonds is 10. The molecule has 49 heavy (non-hydrogen) atoms. The average Bonchev–Trinajstić information content (AvgIpc) is 3.04. The van der Waals surface area contributed by atoms with Gasteiger partial charge in [-0.1, -0.05) is 23.7 Å². The molecule has 18 heteroatoms. The average molecular weight is 734 g/mol. The van der Waals surface area contributed by atoms with E-state index in [1.807, 2.05) is 48.5 Å². The number of halogens is 7. The fourth-order valence-corrected chi connectivity index (χ4v) is 6.17. The normalized spacial score (nSPS) is 16.7. The highest BCUT2D eigenvalue weighted by atomic mass is 35.5. The fraction of sp³-hybridized carbons (Fsp3) is 0.323. The minimum absolute atomic E-state index is 0.116. The highest BCUT2D eigenvalue weighted by molar-refractivity contribution is 7.89. The number of alkyl halides is 6. The molecule has 0 spiro atoms. The monoisotopic (exact) mass is 733 g/mol. The fourth-order valence-electron chi connectivity index (χ4n) is 4.93. The number of sulfonamides is 1. The Morgan fingerprint density at radius 1 is 0.857 bits per heavy atom. The molecule has 1 saturated carbocycles. The van der Waals surface area contributed by atoms with Gasteiger partial charge in [-0.25, -0.2) is 22.9 Å². The van der Waals surface area contributed by atoms with Gasteiger partial charge in [0.25, 0.3) is 0 Å². The van der Waals surface area contributed by atoms with Gasteiger partial charge < -0.3 is 20.5 Å². The molecule has 1 aliphatic rings. The highest BCUT2D eigenvalue weighted by Crippen LogP contribution is 2.30. The van der Waals surface area contributed by atoms with Crippen molar-refractivity contribution in [3.8, 4) is 5.75 Å². The second-order valence-electron chi connectivity index (χ2n) is 11.0. The van der Waals surface area contributed by atoms with E-state index in [0.717, 1.165) is 66.5 Å². The molecule has 0 bridgehead atoms. The van der Waals surface area contributed by atoms with Crippen LogP contribution in [0.1, 0.15) is 25.7 Å². The summed E-state index contributed by atoms with van der Waals surface area (Å²) < 4.78 is 100. The number of benzene rings is 3. The first-order valence-electron chi connectivity index (χ1n) is 14.7. The van der Waals surface area contributed by atoms with Gasteiger partial charge in [0.05, 0.1) is 10.4 Å². The number of hydrogen-bond donors (Lipinski definition) is 4. The second kappa shape index (κ2) is 15.9. The lowest BCUT2D eigenvalue weighted by Gasteiger charge is -2.28. The molecule has 0 atom stereocenters. The third-order valence-corrected chi connectivity index (χ3v) is 9.09. The molecule has 4 aromatic rings. The Kier molecular flexibility index (Phi) is 12.2. The van der Waals surface area contributed by atoms with Crippen molar-refractivity contribution < 1.29 is 49.4 Å². The third kappa shape index (κ3) is 11.6. The van der Waals surface area contributed by atoms with Crippen LogP contribution in [0.2, 0.25) is 5.02 Å². The number of aromatic nitrogens is 2. The van der Waals surface area contributed by atoms with Crippen molar-refractivity contribution in [2.75, 3.05) is 23.7 Å². The Labute approximate surface area is 281 Å². The Hall–Kier alpha value is -4.35. The van der Waals surface area contributed by atoms with Gasteiger partial charge in [0.15, 0.2) is 0 Å². The lowest BCUT2D eigenvalue weighted by Crippen LogP contribution is -2.32. The quantitative estimate of drug-likeness (QED) is 0.120. The summed E-state index contributed by atoms with van der Waals surface area (Å²) in [5.74, 6) is -1.49. The van der Waals surface area contributed by atoms with Crippen molar-refractivity contribution in [3.05, 3.63) is 77.8 Å². The standard InChI is InChI=1S/C29H29ClF3N5O3S.C2HF3O2/c30-21-9-11-22(12-10-21)36-27-25-3-1-2-4-26(25)37-28(38-27)34-17-19-5-7-20(8-6-19)18-35-42(39,40)24-15-13-23(14-16-24)41-29(31,32)33;3-2(4,5)1(6)7/h1-4,9-16,19-20,35H,5-8,17-18H2,(H2,34,36,37,38);(H,6,7). The Morgan fingerprint density at radius 3 is 2.00 bits per heavy atom. The number of carboxylic acids is 1. The van der Waals surface area contributed by atoms with Gasteiger partial charge >= 0.3 is 18.5 Å². The first-order chi connectivity index (χ1) is 23.0. The zero-order valence-corrected chi connectivity index (χ0v) is 26.9. The molecule has 1 aromatic heterocycles. The molecular formula is C31H30ClF6N5O5S. The van der Waals surface area contributed by atoms with E-state index in [1.54, 1.807) is 0 Å². The van der Waals surface area contributed by atoms with Crippen molar-refractivity contribution in [2.45, 2.75) is 43.1 Å². The molecule has 3 aromatic carbocycles. The zero-order valence-electron chi connectivity index (χ0n) is 25.4. The van der Waals surface area contributed by atoms with E-state index in [9.17, 15) is 34.8 Å². The van der Waals surface area contributed by atoms with Gasteiger partial charge in [0, 0.05) is 29.2 Å². The molecule has 4 N–H and O–H groups in total. The summed E-state index contributed by atoms with van der Waals surface area (Å²) in [7, 11) is -3.85. The van der Waals surface area contributed by atoms with Crippen molar-refractivity contribution in [1.82, 2.24) is 14.7 Å². The van der Waals surface area contributed by atoms with Crippen LogP contribution >= 0.6 is 11.6 Å². The summed E-state index contributed by atoms with van der Waals surface area (Å²) in [6.07, 6.45) is -6.42. The minimum atomic E-state index is -5.08. The second-order valence-corrected chi connectivity index (χ2v) is 13.2. The van der Waals surface area contributed by atoms with Gasteiger partial charge in [-0.05, 0) is 98.2 Å². The maximum absolute atomic E-state index is 12.6. The summed E-state index contributed by atoms with van der Waals surface area (Å²) in [6, 6.07) is 19.3. The summed E-state index contributed by atoms with van der Waals surface area (Å²) >= 11 is 6.02. The molecule has 5 rings (SSSR count). The molecular weight excluding hydrogens is 704 g/mol. The van der Waals surface area contributed by atoms with Crippen molar-refractivity contribution in [3.63, 3.8) is 0 Å². The topological polar surface area (TPSA) is 143 Å². The van der Waals surface area contributed by atoms with E-state index in [0.29, 0.717) is 29.3 Å². The summed E-state index contributed by atoms with van der Waals surface area (Å²) in [6.45, 7) is 0.945. The van der Waals surface area contributed by atoms with Crippen LogP contribution < -0.4 is 20.1 Å². The molecule has 264 valence electrons. The van der Waals surface area contributed by atoms with Gasteiger partial charge in [-0.3, -0.25) is 0 Å². The Balaban J connectivity index is 0.000000698. The number of aliphatic carboxylic acids is 1. The van der Waals surface area contributed by atoms with Crippen molar-refractivity contribution >= 4 is 56.0 Å². The third-order valence-electron chi connectivity index (χ3n) is 7.40. The first kappa shape index (κ1) is 37.5. The van der Waals surface area contributed by atoms with E-state index in [1.165, 1.54) is 0 Å². The smallest absolute Gasteiger partial charge is 0.475 e.